The molecular weight excluding hydrogens is 266 g/mol. The zero-order valence-corrected chi connectivity index (χ0v) is 12.0. The maximum Gasteiger partial charge on any atom is 0.289 e. The molecule has 0 saturated heterocycles. The highest BCUT2D eigenvalue weighted by Gasteiger charge is 2.06. The Morgan fingerprint density at radius 1 is 1.24 bits per heavy atom. The predicted molar refractivity (Wildman–Crippen MR) is 81.5 cm³/mol. The molecule has 0 aliphatic rings. The van der Waals surface area contributed by atoms with Crippen molar-refractivity contribution in [2.24, 2.45) is 5.10 Å². The zero-order valence-electron chi connectivity index (χ0n) is 12.0. The van der Waals surface area contributed by atoms with Crippen LogP contribution >= 0.6 is 0 Å². The molecule has 108 valence electrons. The molecule has 0 bridgehead atoms. The fraction of sp³-hybridized carbons (Fsp3) is 0.188. The molecule has 0 unspecified atom stereocenters. The van der Waals surface area contributed by atoms with Gasteiger partial charge in [0, 0.05) is 6.20 Å². The number of rotatable bonds is 5. The molecule has 5 heteroatoms. The second-order valence-corrected chi connectivity index (χ2v) is 4.30. The maximum atomic E-state index is 11.9. The molecule has 1 aromatic carbocycles. The molecule has 21 heavy (non-hydrogen) atoms. The summed E-state index contributed by atoms with van der Waals surface area (Å²) < 4.78 is 5.12. The van der Waals surface area contributed by atoms with Gasteiger partial charge in [0.25, 0.3) is 5.91 Å². The van der Waals surface area contributed by atoms with Crippen LogP contribution in [0.5, 0.6) is 5.75 Å². The van der Waals surface area contributed by atoms with Gasteiger partial charge in [-0.3, -0.25) is 9.78 Å². The molecule has 1 aromatic heterocycles. The average molecular weight is 283 g/mol. The van der Waals surface area contributed by atoms with Crippen molar-refractivity contribution in [2.45, 2.75) is 13.3 Å². The van der Waals surface area contributed by atoms with Gasteiger partial charge < -0.3 is 4.74 Å². The molecule has 0 radical (unpaired) electrons. The van der Waals surface area contributed by atoms with Crippen molar-refractivity contribution in [2.75, 3.05) is 7.11 Å². The summed E-state index contributed by atoms with van der Waals surface area (Å²) >= 11 is 0. The van der Waals surface area contributed by atoms with E-state index < -0.39 is 0 Å². The SMILES string of the molecule is CC/C(=N\NC(=O)c1ccccn1)c1ccc(OC)cc1. The van der Waals surface area contributed by atoms with Crippen molar-refractivity contribution < 1.29 is 9.53 Å². The molecule has 0 atom stereocenters. The Kier molecular flexibility index (Phi) is 5.04. The maximum absolute atomic E-state index is 11.9. The van der Waals surface area contributed by atoms with E-state index in [2.05, 4.69) is 15.5 Å². The summed E-state index contributed by atoms with van der Waals surface area (Å²) in [6.07, 6.45) is 2.28. The Bertz CT molecular complexity index is 622. The van der Waals surface area contributed by atoms with Crippen molar-refractivity contribution in [3.63, 3.8) is 0 Å². The Labute approximate surface area is 123 Å². The standard InChI is InChI=1S/C16H17N3O2/c1-3-14(12-7-9-13(21-2)10-8-12)18-19-16(20)15-6-4-5-11-17-15/h4-11H,3H2,1-2H3,(H,19,20)/b18-14+. The Morgan fingerprint density at radius 2 is 2.00 bits per heavy atom. The smallest absolute Gasteiger partial charge is 0.289 e. The molecule has 2 aromatic rings. The molecule has 1 heterocycles. The number of methoxy groups -OCH3 is 1. The van der Waals surface area contributed by atoms with Crippen LogP contribution in [0.25, 0.3) is 0 Å². The average Bonchev–Trinajstić information content (AvgIpc) is 2.56. The lowest BCUT2D eigenvalue weighted by Crippen LogP contribution is -2.20. The Balaban J connectivity index is 2.11. The molecule has 0 aliphatic carbocycles. The van der Waals surface area contributed by atoms with Crippen LogP contribution in [0.3, 0.4) is 0 Å². The van der Waals surface area contributed by atoms with Crippen LogP contribution in [0.1, 0.15) is 29.4 Å². The third-order valence-corrected chi connectivity index (χ3v) is 2.95. The minimum atomic E-state index is -0.324. The molecule has 0 spiro atoms. The topological polar surface area (TPSA) is 63.6 Å². The molecular formula is C16H17N3O2. The quantitative estimate of drug-likeness (QED) is 0.677. The van der Waals surface area contributed by atoms with Crippen LogP contribution in [0.15, 0.2) is 53.8 Å². The van der Waals surface area contributed by atoms with Crippen LogP contribution < -0.4 is 10.2 Å². The van der Waals surface area contributed by atoms with E-state index in [0.29, 0.717) is 12.1 Å². The van der Waals surface area contributed by atoms with E-state index in [4.69, 9.17) is 4.74 Å². The largest absolute Gasteiger partial charge is 0.497 e. The number of carbonyl (C=O) groups is 1. The first kappa shape index (κ1) is 14.7. The number of amides is 1. The highest BCUT2D eigenvalue weighted by Crippen LogP contribution is 2.13. The van der Waals surface area contributed by atoms with E-state index in [0.717, 1.165) is 17.0 Å². The van der Waals surface area contributed by atoms with E-state index >= 15 is 0 Å². The number of pyridine rings is 1. The third-order valence-electron chi connectivity index (χ3n) is 2.95. The van der Waals surface area contributed by atoms with Gasteiger partial charge >= 0.3 is 0 Å². The van der Waals surface area contributed by atoms with Gasteiger partial charge in [-0.1, -0.05) is 13.0 Å². The fourth-order valence-electron chi connectivity index (χ4n) is 1.80. The summed E-state index contributed by atoms with van der Waals surface area (Å²) in [6, 6.07) is 12.7. The van der Waals surface area contributed by atoms with Crippen molar-refractivity contribution in [1.82, 2.24) is 10.4 Å². The van der Waals surface area contributed by atoms with Gasteiger partial charge in [-0.25, -0.2) is 5.43 Å². The van der Waals surface area contributed by atoms with Crippen LogP contribution in [-0.2, 0) is 0 Å². The number of carbonyl (C=O) groups excluding carboxylic acids is 1. The predicted octanol–water partition coefficient (Wildman–Crippen LogP) is 2.63. The lowest BCUT2D eigenvalue weighted by atomic mass is 10.1. The van der Waals surface area contributed by atoms with Gasteiger partial charge in [-0.05, 0) is 48.4 Å². The normalized spacial score (nSPS) is 11.0. The van der Waals surface area contributed by atoms with Crippen LogP contribution in [-0.4, -0.2) is 23.7 Å². The summed E-state index contributed by atoms with van der Waals surface area (Å²) in [4.78, 5) is 15.9. The summed E-state index contributed by atoms with van der Waals surface area (Å²) in [7, 11) is 1.62. The van der Waals surface area contributed by atoms with Gasteiger partial charge in [0.2, 0.25) is 0 Å². The molecule has 0 saturated carbocycles. The van der Waals surface area contributed by atoms with Crippen LogP contribution in [0.2, 0.25) is 0 Å². The second kappa shape index (κ2) is 7.19. The summed E-state index contributed by atoms with van der Waals surface area (Å²) in [5.41, 5.74) is 4.61. The number of nitrogens with one attached hydrogen (secondary N) is 1. The minimum Gasteiger partial charge on any atom is -0.497 e. The van der Waals surface area contributed by atoms with E-state index in [1.165, 1.54) is 0 Å². The number of nitrogens with zero attached hydrogens (tertiary/aromatic N) is 2. The lowest BCUT2D eigenvalue weighted by Gasteiger charge is -2.06. The molecule has 0 fully saturated rings. The summed E-state index contributed by atoms with van der Waals surface area (Å²) in [6.45, 7) is 1.98. The molecule has 1 N–H and O–H groups in total. The number of hydrazone groups is 1. The van der Waals surface area contributed by atoms with Crippen molar-refractivity contribution in [3.8, 4) is 5.75 Å². The van der Waals surface area contributed by atoms with Gasteiger partial charge in [-0.15, -0.1) is 0 Å². The van der Waals surface area contributed by atoms with Crippen LogP contribution in [0.4, 0.5) is 0 Å². The van der Waals surface area contributed by atoms with Crippen molar-refractivity contribution >= 4 is 11.6 Å². The van der Waals surface area contributed by atoms with Gasteiger partial charge in [0.05, 0.1) is 12.8 Å². The first-order valence-corrected chi connectivity index (χ1v) is 6.67. The van der Waals surface area contributed by atoms with E-state index in [9.17, 15) is 4.79 Å². The lowest BCUT2D eigenvalue weighted by molar-refractivity contribution is 0.0950. The molecule has 0 aliphatic heterocycles. The molecule has 5 nitrogen and oxygen atoms in total. The highest BCUT2D eigenvalue weighted by atomic mass is 16.5. The Morgan fingerprint density at radius 3 is 2.57 bits per heavy atom. The first-order chi connectivity index (χ1) is 10.2. The number of ether oxygens (including phenoxy) is 1. The highest BCUT2D eigenvalue weighted by molar-refractivity contribution is 6.01. The first-order valence-electron chi connectivity index (χ1n) is 6.67. The molecule has 1 amide bonds. The second-order valence-electron chi connectivity index (χ2n) is 4.30. The summed E-state index contributed by atoms with van der Waals surface area (Å²) in [5, 5.41) is 4.18. The van der Waals surface area contributed by atoms with Crippen LogP contribution in [0, 0.1) is 0 Å². The van der Waals surface area contributed by atoms with Crippen molar-refractivity contribution in [1.29, 1.82) is 0 Å². The van der Waals surface area contributed by atoms with Crippen molar-refractivity contribution in [3.05, 3.63) is 59.9 Å². The molecule has 2 rings (SSSR count). The summed E-state index contributed by atoms with van der Waals surface area (Å²) in [5.74, 6) is 0.460. The number of hydrogen-bond acceptors (Lipinski definition) is 4. The van der Waals surface area contributed by atoms with Gasteiger partial charge in [0.15, 0.2) is 0 Å². The van der Waals surface area contributed by atoms with Gasteiger partial charge in [0.1, 0.15) is 11.4 Å². The third kappa shape index (κ3) is 3.89. The van der Waals surface area contributed by atoms with E-state index in [1.54, 1.807) is 31.5 Å². The van der Waals surface area contributed by atoms with E-state index in [-0.39, 0.29) is 5.91 Å². The Hall–Kier alpha value is -2.69. The number of aromatic nitrogens is 1. The monoisotopic (exact) mass is 283 g/mol. The minimum absolute atomic E-state index is 0.324. The fourth-order valence-corrected chi connectivity index (χ4v) is 1.80. The van der Waals surface area contributed by atoms with E-state index in [1.807, 2.05) is 31.2 Å². The van der Waals surface area contributed by atoms with Gasteiger partial charge in [-0.2, -0.15) is 5.10 Å². The number of hydrogen-bond donors (Lipinski definition) is 1. The number of benzene rings is 1. The zero-order chi connectivity index (χ0) is 15.1.